The van der Waals surface area contributed by atoms with E-state index in [1.165, 1.54) is 29.1 Å². The second kappa shape index (κ2) is 4.01. The highest BCUT2D eigenvalue weighted by molar-refractivity contribution is 9.10. The molecule has 0 atom stereocenters. The molecule has 1 heterocycles. The molecule has 1 aromatic carbocycles. The van der Waals surface area contributed by atoms with E-state index in [2.05, 4.69) is 26.2 Å². The molecule has 0 unspecified atom stereocenters. The third kappa shape index (κ3) is 1.94. The number of carboxylic acid groups (broad SMARTS) is 1. The predicted molar refractivity (Wildman–Crippen MR) is 56.0 cm³/mol. The van der Waals surface area contributed by atoms with Gasteiger partial charge in [0.05, 0.1) is 16.4 Å². The zero-order valence-corrected chi connectivity index (χ0v) is 9.35. The van der Waals surface area contributed by atoms with Gasteiger partial charge in [-0.25, -0.2) is 13.9 Å². The number of aromatic carboxylic acids is 1. The van der Waals surface area contributed by atoms with E-state index in [4.69, 9.17) is 5.11 Å². The Bertz CT molecular complexity index is 555. The van der Waals surface area contributed by atoms with E-state index >= 15 is 0 Å². The van der Waals surface area contributed by atoms with Gasteiger partial charge in [-0.2, -0.15) is 0 Å². The Kier molecular flexibility index (Phi) is 2.69. The highest BCUT2D eigenvalue weighted by atomic mass is 79.9. The van der Waals surface area contributed by atoms with Gasteiger partial charge in [-0.05, 0) is 34.1 Å². The number of aromatic nitrogens is 3. The first-order valence-electron chi connectivity index (χ1n) is 4.19. The minimum atomic E-state index is -1.16. The first kappa shape index (κ1) is 10.7. The van der Waals surface area contributed by atoms with Gasteiger partial charge in [0.2, 0.25) is 0 Å². The van der Waals surface area contributed by atoms with E-state index in [9.17, 15) is 9.18 Å². The van der Waals surface area contributed by atoms with Crippen LogP contribution in [0.2, 0.25) is 0 Å². The summed E-state index contributed by atoms with van der Waals surface area (Å²) in [7, 11) is 0. The van der Waals surface area contributed by atoms with Gasteiger partial charge in [-0.3, -0.25) is 0 Å². The molecule has 0 radical (unpaired) electrons. The first-order chi connectivity index (χ1) is 7.58. The summed E-state index contributed by atoms with van der Waals surface area (Å²) in [6.45, 7) is 0. The zero-order chi connectivity index (χ0) is 11.7. The Balaban J connectivity index is 2.42. The van der Waals surface area contributed by atoms with Gasteiger partial charge in [0.15, 0.2) is 5.69 Å². The van der Waals surface area contributed by atoms with Gasteiger partial charge >= 0.3 is 5.97 Å². The maximum absolute atomic E-state index is 13.0. The number of carbonyl (C=O) groups is 1. The molecule has 0 aliphatic rings. The van der Waals surface area contributed by atoms with Crippen molar-refractivity contribution in [2.24, 2.45) is 0 Å². The second-order valence-corrected chi connectivity index (χ2v) is 3.81. The highest BCUT2D eigenvalue weighted by Crippen LogP contribution is 2.18. The Morgan fingerprint density at radius 1 is 1.50 bits per heavy atom. The van der Waals surface area contributed by atoms with Crippen LogP contribution in [-0.4, -0.2) is 26.1 Å². The fraction of sp³-hybridized carbons (Fsp3) is 0. The molecule has 0 saturated carbocycles. The summed E-state index contributed by atoms with van der Waals surface area (Å²) < 4.78 is 14.5. The van der Waals surface area contributed by atoms with Gasteiger partial charge in [0.25, 0.3) is 0 Å². The molecule has 16 heavy (non-hydrogen) atoms. The first-order valence-corrected chi connectivity index (χ1v) is 4.98. The summed E-state index contributed by atoms with van der Waals surface area (Å²) in [6, 6.07) is 4.21. The number of halogens is 2. The van der Waals surface area contributed by atoms with Crippen LogP contribution in [0.3, 0.4) is 0 Å². The van der Waals surface area contributed by atoms with Crippen molar-refractivity contribution in [3.05, 3.63) is 40.4 Å². The molecule has 0 aliphatic carbocycles. The van der Waals surface area contributed by atoms with Crippen LogP contribution in [0.4, 0.5) is 4.39 Å². The number of nitrogens with zero attached hydrogens (tertiary/aromatic N) is 3. The zero-order valence-electron chi connectivity index (χ0n) is 7.76. The van der Waals surface area contributed by atoms with Crippen LogP contribution < -0.4 is 0 Å². The average molecular weight is 286 g/mol. The average Bonchev–Trinajstić information content (AvgIpc) is 2.71. The number of hydrogen-bond donors (Lipinski definition) is 1. The summed E-state index contributed by atoms with van der Waals surface area (Å²) in [5.41, 5.74) is 0.355. The molecule has 2 aromatic rings. The fourth-order valence-electron chi connectivity index (χ4n) is 1.12. The molecule has 1 N–H and O–H groups in total. The lowest BCUT2D eigenvalue weighted by molar-refractivity contribution is 0.0690. The van der Waals surface area contributed by atoms with Crippen molar-refractivity contribution in [2.75, 3.05) is 0 Å². The maximum atomic E-state index is 13.0. The van der Waals surface area contributed by atoms with Crippen molar-refractivity contribution in [1.29, 1.82) is 0 Å². The number of hydrogen-bond acceptors (Lipinski definition) is 3. The Labute approximate surface area is 97.6 Å². The minimum absolute atomic E-state index is 0.166. The molecular weight excluding hydrogens is 281 g/mol. The molecule has 0 aliphatic heterocycles. The van der Waals surface area contributed by atoms with Gasteiger partial charge in [-0.15, -0.1) is 5.10 Å². The van der Waals surface area contributed by atoms with Crippen LogP contribution in [-0.2, 0) is 0 Å². The van der Waals surface area contributed by atoms with Crippen LogP contribution in [0.1, 0.15) is 10.5 Å². The van der Waals surface area contributed by atoms with E-state index in [0.29, 0.717) is 5.69 Å². The van der Waals surface area contributed by atoms with E-state index in [0.717, 1.165) is 0 Å². The molecule has 0 amide bonds. The van der Waals surface area contributed by atoms with E-state index in [1.54, 1.807) is 0 Å². The van der Waals surface area contributed by atoms with Crippen LogP contribution >= 0.6 is 15.9 Å². The Morgan fingerprint density at radius 2 is 2.25 bits per heavy atom. The molecule has 5 nitrogen and oxygen atoms in total. The van der Waals surface area contributed by atoms with Crippen molar-refractivity contribution in [1.82, 2.24) is 15.0 Å². The third-order valence-corrected chi connectivity index (χ3v) is 2.49. The Hall–Kier alpha value is -1.76. The van der Waals surface area contributed by atoms with Crippen molar-refractivity contribution in [3.8, 4) is 5.69 Å². The van der Waals surface area contributed by atoms with Gasteiger partial charge in [-0.1, -0.05) is 5.21 Å². The Morgan fingerprint density at radius 3 is 2.81 bits per heavy atom. The predicted octanol–water partition coefficient (Wildman–Crippen LogP) is 1.87. The largest absolute Gasteiger partial charge is 0.476 e. The summed E-state index contributed by atoms with van der Waals surface area (Å²) >= 11 is 3.03. The lowest BCUT2D eigenvalue weighted by atomic mass is 10.3. The minimum Gasteiger partial charge on any atom is -0.476 e. The maximum Gasteiger partial charge on any atom is 0.358 e. The van der Waals surface area contributed by atoms with E-state index < -0.39 is 11.8 Å². The number of carboxylic acids is 1. The molecule has 1 aromatic heterocycles. The van der Waals surface area contributed by atoms with Crippen molar-refractivity contribution in [2.45, 2.75) is 0 Å². The van der Waals surface area contributed by atoms with Crippen molar-refractivity contribution < 1.29 is 14.3 Å². The van der Waals surface area contributed by atoms with E-state index in [-0.39, 0.29) is 10.2 Å². The lowest BCUT2D eigenvalue weighted by Crippen LogP contribution is -1.96. The molecule has 7 heteroatoms. The van der Waals surface area contributed by atoms with Crippen LogP contribution in [0.15, 0.2) is 28.9 Å². The fourth-order valence-corrected chi connectivity index (χ4v) is 1.48. The number of rotatable bonds is 2. The number of benzene rings is 1. The topological polar surface area (TPSA) is 68.0 Å². The van der Waals surface area contributed by atoms with Crippen LogP contribution in [0, 0.1) is 5.82 Å². The second-order valence-electron chi connectivity index (χ2n) is 2.95. The highest BCUT2D eigenvalue weighted by Gasteiger charge is 2.10. The van der Waals surface area contributed by atoms with Crippen molar-refractivity contribution in [3.63, 3.8) is 0 Å². The molecule has 0 spiro atoms. The smallest absolute Gasteiger partial charge is 0.358 e. The van der Waals surface area contributed by atoms with Gasteiger partial charge in [0.1, 0.15) is 5.82 Å². The summed E-state index contributed by atoms with van der Waals surface area (Å²) in [4.78, 5) is 10.6. The lowest BCUT2D eigenvalue weighted by Gasteiger charge is -2.00. The monoisotopic (exact) mass is 285 g/mol. The SMILES string of the molecule is O=C(O)c1cn(-c2ccc(F)c(Br)c2)nn1. The molecular formula is C9H5BrFN3O2. The van der Waals surface area contributed by atoms with E-state index in [1.807, 2.05) is 0 Å². The van der Waals surface area contributed by atoms with Crippen molar-refractivity contribution >= 4 is 21.9 Å². The summed E-state index contributed by atoms with van der Waals surface area (Å²) in [6.07, 6.45) is 1.25. The normalized spacial score (nSPS) is 10.4. The van der Waals surface area contributed by atoms with Gasteiger partial charge in [0, 0.05) is 0 Å². The summed E-state index contributed by atoms with van der Waals surface area (Å²) in [5.74, 6) is -1.56. The van der Waals surface area contributed by atoms with Crippen LogP contribution in [0.25, 0.3) is 5.69 Å². The quantitative estimate of drug-likeness (QED) is 0.915. The third-order valence-electron chi connectivity index (χ3n) is 1.88. The van der Waals surface area contributed by atoms with Gasteiger partial charge < -0.3 is 5.11 Å². The van der Waals surface area contributed by atoms with Crippen LogP contribution in [0.5, 0.6) is 0 Å². The molecule has 0 fully saturated rings. The summed E-state index contributed by atoms with van der Waals surface area (Å²) in [5, 5.41) is 15.7. The molecule has 2 rings (SSSR count). The molecule has 0 bridgehead atoms. The molecule has 0 saturated heterocycles. The molecule has 82 valence electrons. The standard InChI is InChI=1S/C9H5BrFN3O2/c10-6-3-5(1-2-7(6)11)14-4-8(9(15)16)12-13-14/h1-4H,(H,15,16).